The molecule has 1 heterocycles. The highest BCUT2D eigenvalue weighted by molar-refractivity contribution is 7.13. The van der Waals surface area contributed by atoms with Crippen LogP contribution in [0.5, 0.6) is 0 Å². The molecule has 0 N–H and O–H groups in total. The van der Waals surface area contributed by atoms with E-state index in [2.05, 4.69) is 9.72 Å². The molecule has 1 unspecified atom stereocenters. The second kappa shape index (κ2) is 5.23. The Labute approximate surface area is 93.2 Å². The summed E-state index contributed by atoms with van der Waals surface area (Å²) in [4.78, 5) is 16.2. The average molecular weight is 229 g/mol. The van der Waals surface area contributed by atoms with Gasteiger partial charge in [-0.3, -0.25) is 0 Å². The van der Waals surface area contributed by atoms with Crippen molar-refractivity contribution in [1.82, 2.24) is 4.98 Å². The van der Waals surface area contributed by atoms with Crippen LogP contribution >= 0.6 is 11.3 Å². The Bertz CT molecular complexity index is 348. The zero-order chi connectivity index (χ0) is 11.4. The number of carbonyl (C=O) groups excluding carboxylic acids is 1. The van der Waals surface area contributed by atoms with Gasteiger partial charge in [0.2, 0.25) is 0 Å². The predicted molar refractivity (Wildman–Crippen MR) is 58.2 cm³/mol. The highest BCUT2D eigenvalue weighted by Crippen LogP contribution is 2.26. The SMILES string of the molecule is CCOC(C)c1nc(C)c(C(=O)OC)s1. The van der Waals surface area contributed by atoms with Gasteiger partial charge in [-0.15, -0.1) is 11.3 Å². The number of hydrogen-bond donors (Lipinski definition) is 0. The number of aromatic nitrogens is 1. The van der Waals surface area contributed by atoms with Crippen molar-refractivity contribution in [2.75, 3.05) is 13.7 Å². The maximum absolute atomic E-state index is 11.3. The summed E-state index contributed by atoms with van der Waals surface area (Å²) in [5.41, 5.74) is 0.702. The molecule has 0 aliphatic heterocycles. The van der Waals surface area contributed by atoms with Crippen LogP contribution < -0.4 is 0 Å². The number of esters is 1. The van der Waals surface area contributed by atoms with E-state index in [1.165, 1.54) is 18.4 Å². The van der Waals surface area contributed by atoms with E-state index in [9.17, 15) is 4.79 Å². The molecule has 0 aliphatic rings. The molecule has 1 aromatic heterocycles. The quantitative estimate of drug-likeness (QED) is 0.743. The van der Waals surface area contributed by atoms with Crippen molar-refractivity contribution in [2.24, 2.45) is 0 Å². The smallest absolute Gasteiger partial charge is 0.349 e. The number of rotatable bonds is 4. The molecule has 1 aromatic rings. The number of nitrogens with zero attached hydrogens (tertiary/aromatic N) is 1. The highest BCUT2D eigenvalue weighted by atomic mass is 32.1. The van der Waals surface area contributed by atoms with Crippen molar-refractivity contribution >= 4 is 17.3 Å². The third-order valence-corrected chi connectivity index (χ3v) is 3.25. The summed E-state index contributed by atoms with van der Waals surface area (Å²) < 4.78 is 10.1. The largest absolute Gasteiger partial charge is 0.465 e. The minimum absolute atomic E-state index is 0.0721. The van der Waals surface area contributed by atoms with E-state index >= 15 is 0 Å². The fourth-order valence-electron chi connectivity index (χ4n) is 1.19. The third-order valence-electron chi connectivity index (χ3n) is 1.95. The van der Waals surface area contributed by atoms with Crippen molar-refractivity contribution < 1.29 is 14.3 Å². The lowest BCUT2D eigenvalue weighted by Crippen LogP contribution is -1.99. The van der Waals surface area contributed by atoms with Crippen LogP contribution in [0.2, 0.25) is 0 Å². The summed E-state index contributed by atoms with van der Waals surface area (Å²) >= 11 is 1.33. The van der Waals surface area contributed by atoms with Crippen molar-refractivity contribution in [3.8, 4) is 0 Å². The van der Waals surface area contributed by atoms with Crippen LogP contribution in [0.15, 0.2) is 0 Å². The van der Waals surface area contributed by atoms with Gasteiger partial charge < -0.3 is 9.47 Å². The molecule has 0 amide bonds. The van der Waals surface area contributed by atoms with E-state index in [0.717, 1.165) is 5.01 Å². The van der Waals surface area contributed by atoms with Gasteiger partial charge in [-0.05, 0) is 20.8 Å². The Morgan fingerprint density at radius 3 is 2.80 bits per heavy atom. The maximum atomic E-state index is 11.3. The standard InChI is InChI=1S/C10H15NO3S/c1-5-14-7(3)9-11-6(2)8(15-9)10(12)13-4/h7H,5H2,1-4H3. The van der Waals surface area contributed by atoms with Crippen LogP contribution in [0.3, 0.4) is 0 Å². The van der Waals surface area contributed by atoms with Crippen LogP contribution in [0.4, 0.5) is 0 Å². The molecule has 0 saturated heterocycles. The Hall–Kier alpha value is -0.940. The van der Waals surface area contributed by atoms with Crippen LogP contribution in [-0.4, -0.2) is 24.7 Å². The zero-order valence-corrected chi connectivity index (χ0v) is 10.2. The monoisotopic (exact) mass is 229 g/mol. The summed E-state index contributed by atoms with van der Waals surface area (Å²) in [6, 6.07) is 0. The Kier molecular flexibility index (Phi) is 4.23. The Morgan fingerprint density at radius 2 is 2.27 bits per heavy atom. The molecule has 0 fully saturated rings. The maximum Gasteiger partial charge on any atom is 0.349 e. The summed E-state index contributed by atoms with van der Waals surface area (Å²) in [6.45, 7) is 6.28. The molecule has 0 bridgehead atoms. The molecular weight excluding hydrogens is 214 g/mol. The number of ether oxygens (including phenoxy) is 2. The van der Waals surface area contributed by atoms with Gasteiger partial charge in [0, 0.05) is 6.61 Å². The minimum Gasteiger partial charge on any atom is -0.465 e. The van der Waals surface area contributed by atoms with E-state index in [4.69, 9.17) is 4.74 Å². The normalized spacial score (nSPS) is 12.5. The fourth-order valence-corrected chi connectivity index (χ4v) is 2.18. The zero-order valence-electron chi connectivity index (χ0n) is 9.36. The molecule has 5 heteroatoms. The molecule has 15 heavy (non-hydrogen) atoms. The molecule has 4 nitrogen and oxygen atoms in total. The van der Waals surface area contributed by atoms with Gasteiger partial charge in [0.1, 0.15) is 16.0 Å². The topological polar surface area (TPSA) is 48.4 Å². The van der Waals surface area contributed by atoms with Crippen molar-refractivity contribution in [2.45, 2.75) is 26.9 Å². The van der Waals surface area contributed by atoms with Crippen LogP contribution in [0.1, 0.15) is 40.3 Å². The lowest BCUT2D eigenvalue weighted by atomic mass is 10.4. The van der Waals surface area contributed by atoms with Crippen LogP contribution in [0.25, 0.3) is 0 Å². The van der Waals surface area contributed by atoms with Gasteiger partial charge in [0.25, 0.3) is 0 Å². The number of aryl methyl sites for hydroxylation is 1. The lowest BCUT2D eigenvalue weighted by Gasteiger charge is -2.06. The molecule has 84 valence electrons. The van der Waals surface area contributed by atoms with Crippen molar-refractivity contribution in [1.29, 1.82) is 0 Å². The van der Waals surface area contributed by atoms with E-state index in [-0.39, 0.29) is 12.1 Å². The number of thiazole rings is 1. The van der Waals surface area contributed by atoms with E-state index in [0.29, 0.717) is 17.2 Å². The number of methoxy groups -OCH3 is 1. The second-order valence-corrected chi connectivity index (χ2v) is 4.09. The van der Waals surface area contributed by atoms with E-state index < -0.39 is 0 Å². The fraction of sp³-hybridized carbons (Fsp3) is 0.600. The van der Waals surface area contributed by atoms with Crippen LogP contribution in [0, 0.1) is 6.92 Å². The average Bonchev–Trinajstić information content (AvgIpc) is 2.60. The van der Waals surface area contributed by atoms with E-state index in [1.807, 2.05) is 13.8 Å². The molecule has 0 spiro atoms. The molecular formula is C10H15NO3S. The van der Waals surface area contributed by atoms with Gasteiger partial charge >= 0.3 is 5.97 Å². The van der Waals surface area contributed by atoms with Gasteiger partial charge in [-0.25, -0.2) is 9.78 Å². The number of hydrogen-bond acceptors (Lipinski definition) is 5. The van der Waals surface area contributed by atoms with Crippen molar-refractivity contribution in [3.05, 3.63) is 15.6 Å². The summed E-state index contributed by atoms with van der Waals surface area (Å²) in [5.74, 6) is -0.333. The first-order valence-corrected chi connectivity index (χ1v) is 5.59. The van der Waals surface area contributed by atoms with Gasteiger partial charge in [-0.1, -0.05) is 0 Å². The van der Waals surface area contributed by atoms with Crippen molar-refractivity contribution in [3.63, 3.8) is 0 Å². The highest BCUT2D eigenvalue weighted by Gasteiger charge is 2.18. The van der Waals surface area contributed by atoms with Crippen LogP contribution in [-0.2, 0) is 9.47 Å². The van der Waals surface area contributed by atoms with Gasteiger partial charge in [-0.2, -0.15) is 0 Å². The summed E-state index contributed by atoms with van der Waals surface area (Å²) in [6.07, 6.45) is -0.0721. The summed E-state index contributed by atoms with van der Waals surface area (Å²) in [7, 11) is 1.37. The lowest BCUT2D eigenvalue weighted by molar-refractivity contribution is 0.0605. The minimum atomic E-state index is -0.333. The molecule has 1 atom stereocenters. The molecule has 0 saturated carbocycles. The predicted octanol–water partition coefficient (Wildman–Crippen LogP) is 2.34. The molecule has 1 rings (SSSR count). The van der Waals surface area contributed by atoms with Gasteiger partial charge in [0.05, 0.1) is 12.8 Å². The first kappa shape index (κ1) is 12.1. The molecule has 0 aromatic carbocycles. The Balaban J connectivity index is 2.90. The van der Waals surface area contributed by atoms with Gasteiger partial charge in [0.15, 0.2) is 0 Å². The number of carbonyl (C=O) groups is 1. The second-order valence-electron chi connectivity index (χ2n) is 3.06. The molecule has 0 radical (unpaired) electrons. The molecule has 0 aliphatic carbocycles. The first-order valence-electron chi connectivity index (χ1n) is 4.77. The summed E-state index contributed by atoms with van der Waals surface area (Å²) in [5, 5.41) is 0.815. The van der Waals surface area contributed by atoms with E-state index in [1.54, 1.807) is 6.92 Å². The Morgan fingerprint density at radius 1 is 1.60 bits per heavy atom. The first-order chi connectivity index (χ1) is 7.10. The third kappa shape index (κ3) is 2.76.